The Morgan fingerprint density at radius 3 is 2.56 bits per heavy atom. The lowest BCUT2D eigenvalue weighted by Gasteiger charge is -2.24. The van der Waals surface area contributed by atoms with E-state index in [1.54, 1.807) is 35.8 Å². The van der Waals surface area contributed by atoms with Crippen LogP contribution in [-0.4, -0.2) is 71.6 Å². The molecule has 3 rings (SSSR count). The van der Waals surface area contributed by atoms with Crippen LogP contribution in [0.5, 0.6) is 5.88 Å². The van der Waals surface area contributed by atoms with Gasteiger partial charge in [0.15, 0.2) is 0 Å². The van der Waals surface area contributed by atoms with Gasteiger partial charge in [-0.25, -0.2) is 14.8 Å². The molecule has 32 heavy (non-hydrogen) atoms. The number of aryl methyl sites for hydroxylation is 2. The number of nitrogens with one attached hydrogen (secondary N) is 1. The van der Waals surface area contributed by atoms with E-state index in [0.717, 1.165) is 5.69 Å². The summed E-state index contributed by atoms with van der Waals surface area (Å²) in [5, 5.41) is 3.42. The lowest BCUT2D eigenvalue weighted by Crippen LogP contribution is -2.37. The third-order valence-electron chi connectivity index (χ3n) is 5.62. The first-order valence-electron chi connectivity index (χ1n) is 10.7. The number of likely N-dealkylation sites (tertiary alicyclic amines) is 1. The zero-order valence-electron chi connectivity index (χ0n) is 19.5. The number of hydrogen-bond donors (Lipinski definition) is 1. The van der Waals surface area contributed by atoms with Gasteiger partial charge in [-0.05, 0) is 26.3 Å². The highest BCUT2D eigenvalue weighted by molar-refractivity contribution is 5.68. The lowest BCUT2D eigenvalue weighted by molar-refractivity contribution is 0.0613. The Bertz CT molecular complexity index is 1040. The Kier molecular flexibility index (Phi) is 7.34. The highest BCUT2D eigenvalue weighted by Crippen LogP contribution is 2.25. The first-order chi connectivity index (χ1) is 15.3. The van der Waals surface area contributed by atoms with Gasteiger partial charge in [0.2, 0.25) is 5.88 Å². The molecule has 2 aromatic heterocycles. The van der Waals surface area contributed by atoms with Crippen molar-refractivity contribution in [2.45, 2.75) is 39.3 Å². The summed E-state index contributed by atoms with van der Waals surface area (Å²) in [6.07, 6.45) is -0.0232. The molecule has 0 bridgehead atoms. The van der Waals surface area contributed by atoms with Gasteiger partial charge >= 0.3 is 6.09 Å². The lowest BCUT2D eigenvalue weighted by atomic mass is 10.1. The van der Waals surface area contributed by atoms with Gasteiger partial charge in [-0.2, -0.15) is 0 Å². The van der Waals surface area contributed by atoms with E-state index in [1.165, 1.54) is 7.11 Å². The van der Waals surface area contributed by atoms with Crippen molar-refractivity contribution in [1.82, 2.24) is 19.4 Å². The van der Waals surface area contributed by atoms with Gasteiger partial charge in [-0.15, -0.1) is 0 Å². The Morgan fingerprint density at radius 2 is 1.97 bits per heavy atom. The van der Waals surface area contributed by atoms with Crippen molar-refractivity contribution in [3.05, 3.63) is 33.9 Å². The number of hydrogen-bond acceptors (Lipinski definition) is 8. The molecule has 1 fully saturated rings. The fourth-order valence-corrected chi connectivity index (χ4v) is 3.94. The van der Waals surface area contributed by atoms with Crippen LogP contribution >= 0.6 is 0 Å². The maximum atomic E-state index is 13.3. The van der Waals surface area contributed by atoms with Crippen molar-refractivity contribution < 1.29 is 19.0 Å². The normalized spacial score (nSPS) is 18.0. The molecule has 1 aliphatic rings. The van der Waals surface area contributed by atoms with E-state index in [2.05, 4.69) is 10.3 Å². The van der Waals surface area contributed by atoms with Crippen molar-refractivity contribution in [3.63, 3.8) is 0 Å². The standard InChI is InChI=1S/C22H31N5O5/c1-7-15-20(25-16-11-27(22(29)31-6)12-17(16)32-8-2)26(4)21(28)19(24-15)14-9-10-18(30-5)23-13(14)3/h9-10,16-17,25H,7-8,11-12H2,1-6H3/t16-,17+/m1/s1. The first kappa shape index (κ1) is 23.5. The van der Waals surface area contributed by atoms with E-state index < -0.39 is 6.09 Å². The molecule has 10 nitrogen and oxygen atoms in total. The number of ether oxygens (including phenoxy) is 3. The summed E-state index contributed by atoms with van der Waals surface area (Å²) in [6.45, 7) is 7.04. The molecular formula is C22H31N5O5. The summed E-state index contributed by atoms with van der Waals surface area (Å²) in [6, 6.07) is 3.31. The number of aromatic nitrogens is 3. The highest BCUT2D eigenvalue weighted by Gasteiger charge is 2.37. The van der Waals surface area contributed by atoms with Crippen molar-refractivity contribution in [3.8, 4) is 17.1 Å². The maximum Gasteiger partial charge on any atom is 0.409 e. The minimum atomic E-state index is -0.403. The molecule has 0 aromatic carbocycles. The van der Waals surface area contributed by atoms with E-state index in [9.17, 15) is 9.59 Å². The SMILES string of the molecule is CCO[C@H]1CN(C(=O)OC)C[C@H]1Nc1c(CC)nc(-c2ccc(OC)nc2C)c(=O)n1C. The van der Waals surface area contributed by atoms with Crippen LogP contribution in [0.4, 0.5) is 10.6 Å². The number of amides is 1. The fraction of sp³-hybridized carbons (Fsp3) is 0.545. The van der Waals surface area contributed by atoms with E-state index in [0.29, 0.717) is 54.8 Å². The third-order valence-corrected chi connectivity index (χ3v) is 5.62. The number of rotatable bonds is 7. The smallest absolute Gasteiger partial charge is 0.409 e. The van der Waals surface area contributed by atoms with Gasteiger partial charge in [-0.1, -0.05) is 6.92 Å². The van der Waals surface area contributed by atoms with Crippen LogP contribution in [0.25, 0.3) is 11.3 Å². The molecular weight excluding hydrogens is 414 g/mol. The third kappa shape index (κ3) is 4.55. The summed E-state index contributed by atoms with van der Waals surface area (Å²) in [5.41, 5.74) is 2.17. The van der Waals surface area contributed by atoms with Gasteiger partial charge in [0.1, 0.15) is 11.5 Å². The molecule has 1 amide bonds. The zero-order valence-corrected chi connectivity index (χ0v) is 19.5. The van der Waals surface area contributed by atoms with E-state index in [1.807, 2.05) is 20.8 Å². The second-order valence-electron chi connectivity index (χ2n) is 7.58. The molecule has 1 N–H and O–H groups in total. The van der Waals surface area contributed by atoms with E-state index in [-0.39, 0.29) is 17.7 Å². The number of pyridine rings is 1. The summed E-state index contributed by atoms with van der Waals surface area (Å²) < 4.78 is 17.4. The van der Waals surface area contributed by atoms with Gasteiger partial charge in [0, 0.05) is 31.8 Å². The zero-order chi connectivity index (χ0) is 23.4. The van der Waals surface area contributed by atoms with Gasteiger partial charge in [-0.3, -0.25) is 9.36 Å². The van der Waals surface area contributed by atoms with Crippen molar-refractivity contribution in [2.75, 3.05) is 39.2 Å². The second kappa shape index (κ2) is 9.99. The molecule has 1 aliphatic heterocycles. The molecule has 0 unspecified atom stereocenters. The van der Waals surface area contributed by atoms with E-state index in [4.69, 9.17) is 19.2 Å². The average molecular weight is 446 g/mol. The quantitative estimate of drug-likeness (QED) is 0.689. The molecule has 3 heterocycles. The number of methoxy groups -OCH3 is 2. The Labute approximate surface area is 187 Å². The predicted octanol–water partition coefficient (Wildman–Crippen LogP) is 1.99. The molecule has 174 valence electrons. The van der Waals surface area contributed by atoms with Crippen molar-refractivity contribution in [2.24, 2.45) is 7.05 Å². The number of anilines is 1. The van der Waals surface area contributed by atoms with Gasteiger partial charge in [0.25, 0.3) is 5.56 Å². The summed E-state index contributed by atoms with van der Waals surface area (Å²) in [7, 11) is 4.62. The first-order valence-corrected chi connectivity index (χ1v) is 10.7. The largest absolute Gasteiger partial charge is 0.481 e. The van der Waals surface area contributed by atoms with Gasteiger partial charge < -0.3 is 24.4 Å². The van der Waals surface area contributed by atoms with Crippen LogP contribution < -0.4 is 15.6 Å². The van der Waals surface area contributed by atoms with Crippen LogP contribution in [0.3, 0.4) is 0 Å². The minimum absolute atomic E-state index is 0.206. The second-order valence-corrected chi connectivity index (χ2v) is 7.58. The summed E-state index contributed by atoms with van der Waals surface area (Å²) in [4.78, 5) is 35.9. The average Bonchev–Trinajstić information content (AvgIpc) is 3.19. The summed E-state index contributed by atoms with van der Waals surface area (Å²) >= 11 is 0. The predicted molar refractivity (Wildman–Crippen MR) is 120 cm³/mol. The highest BCUT2D eigenvalue weighted by atomic mass is 16.5. The topological polar surface area (TPSA) is 108 Å². The fourth-order valence-electron chi connectivity index (χ4n) is 3.94. The van der Waals surface area contributed by atoms with Crippen LogP contribution in [0.15, 0.2) is 16.9 Å². The molecule has 0 spiro atoms. The number of carbonyl (C=O) groups excluding carboxylic acids is 1. The molecule has 10 heteroatoms. The molecule has 2 aromatic rings. The van der Waals surface area contributed by atoms with Crippen LogP contribution in [-0.2, 0) is 22.9 Å². The molecule has 1 saturated heterocycles. The van der Waals surface area contributed by atoms with Crippen molar-refractivity contribution >= 4 is 11.9 Å². The van der Waals surface area contributed by atoms with Crippen LogP contribution in [0, 0.1) is 6.92 Å². The maximum absolute atomic E-state index is 13.3. The van der Waals surface area contributed by atoms with Crippen LogP contribution in [0.1, 0.15) is 25.2 Å². The summed E-state index contributed by atoms with van der Waals surface area (Å²) in [5.74, 6) is 1.09. The monoisotopic (exact) mass is 445 g/mol. The molecule has 0 saturated carbocycles. The van der Waals surface area contributed by atoms with Gasteiger partial charge in [0.05, 0.1) is 44.3 Å². The molecule has 2 atom stereocenters. The van der Waals surface area contributed by atoms with Crippen LogP contribution in [0.2, 0.25) is 0 Å². The Hall–Kier alpha value is -3.14. The minimum Gasteiger partial charge on any atom is -0.481 e. The Balaban J connectivity index is 1.98. The molecule has 0 aliphatic carbocycles. The van der Waals surface area contributed by atoms with E-state index >= 15 is 0 Å². The van der Waals surface area contributed by atoms with Crippen molar-refractivity contribution in [1.29, 1.82) is 0 Å². The number of nitrogens with zero attached hydrogens (tertiary/aromatic N) is 4. The molecule has 0 radical (unpaired) electrons. The Morgan fingerprint density at radius 1 is 1.22 bits per heavy atom. The number of carbonyl (C=O) groups is 1.